The predicted molar refractivity (Wildman–Crippen MR) is 91.5 cm³/mol. The van der Waals surface area contributed by atoms with Crippen LogP contribution in [-0.4, -0.2) is 22.9 Å². The highest BCUT2D eigenvalue weighted by molar-refractivity contribution is 9.10. The van der Waals surface area contributed by atoms with Crippen molar-refractivity contribution in [3.63, 3.8) is 0 Å². The Morgan fingerprint density at radius 1 is 1.08 bits per heavy atom. The number of carbonyl (C=O) groups excluding carboxylic acids is 1. The molecule has 0 amide bonds. The number of aromatic nitrogens is 2. The third kappa shape index (κ3) is 3.28. The number of halogens is 6. The van der Waals surface area contributed by atoms with E-state index in [1.807, 2.05) is 0 Å². The van der Waals surface area contributed by atoms with Gasteiger partial charge in [-0.05, 0) is 52.3 Å². The van der Waals surface area contributed by atoms with Crippen molar-refractivity contribution in [2.75, 3.05) is 7.11 Å². The molecule has 0 aliphatic heterocycles. The first kappa shape index (κ1) is 18.6. The van der Waals surface area contributed by atoms with Crippen molar-refractivity contribution < 1.29 is 29.0 Å². The molecule has 140 valence electrons. The van der Waals surface area contributed by atoms with Crippen LogP contribution in [0.1, 0.15) is 10.4 Å². The summed E-state index contributed by atoms with van der Waals surface area (Å²) in [7, 11) is -8.54. The lowest BCUT2D eigenvalue weighted by molar-refractivity contribution is 0.0603. The molecular weight excluding hydrogens is 447 g/mol. The average molecular weight is 457 g/mol. The van der Waals surface area contributed by atoms with Gasteiger partial charge in [-0.2, -0.15) is 5.10 Å². The van der Waals surface area contributed by atoms with Crippen molar-refractivity contribution in [1.82, 2.24) is 9.78 Å². The van der Waals surface area contributed by atoms with E-state index in [1.165, 1.54) is 17.9 Å². The summed E-state index contributed by atoms with van der Waals surface area (Å²) in [6, 6.07) is 7.02. The van der Waals surface area contributed by atoms with E-state index in [-0.39, 0.29) is 15.9 Å². The second-order valence-electron chi connectivity index (χ2n) is 5.36. The number of esters is 1. The van der Waals surface area contributed by atoms with Crippen LogP contribution >= 0.6 is 26.2 Å². The predicted octanol–water partition coefficient (Wildman–Crippen LogP) is 6.23. The SMILES string of the molecule is COC(=O)c1cccc2c1c(Br)nn2-c1ccc(S(F)(F)(F)(F)F)cc1. The van der Waals surface area contributed by atoms with Crippen LogP contribution in [0.2, 0.25) is 0 Å². The Morgan fingerprint density at radius 2 is 1.69 bits per heavy atom. The van der Waals surface area contributed by atoms with Crippen molar-refractivity contribution in [3.8, 4) is 5.69 Å². The third-order valence-electron chi connectivity index (χ3n) is 3.60. The molecule has 0 aliphatic carbocycles. The molecule has 26 heavy (non-hydrogen) atoms. The van der Waals surface area contributed by atoms with Crippen LogP contribution in [-0.2, 0) is 4.74 Å². The first-order valence-corrected chi connectivity index (χ1v) is 9.66. The molecule has 0 fully saturated rings. The zero-order valence-electron chi connectivity index (χ0n) is 12.9. The molecule has 0 atom stereocenters. The summed E-state index contributed by atoms with van der Waals surface area (Å²) in [5, 5.41) is 4.52. The molecule has 0 aliphatic rings. The van der Waals surface area contributed by atoms with Crippen LogP contribution in [0.4, 0.5) is 19.4 Å². The molecule has 0 radical (unpaired) electrons. The highest BCUT2D eigenvalue weighted by atomic mass is 79.9. The molecule has 0 bridgehead atoms. The number of methoxy groups -OCH3 is 1. The average Bonchev–Trinajstić information content (AvgIpc) is 2.89. The highest BCUT2D eigenvalue weighted by Gasteiger charge is 2.65. The standard InChI is InChI=1S/C15H10BrF5N2O2S/c1-25-15(24)11-3-2-4-12-13(11)14(16)22-23(12)9-5-7-10(8-6-9)26(17,18,19,20)21/h2-8H,1H3. The summed E-state index contributed by atoms with van der Waals surface area (Å²) in [5.41, 5.74) is 0.708. The summed E-state index contributed by atoms with van der Waals surface area (Å²) in [4.78, 5) is 9.88. The Balaban J connectivity index is 2.18. The number of rotatable bonds is 3. The molecule has 11 heteroatoms. The number of fused-ring (bicyclic) bond motifs is 1. The van der Waals surface area contributed by atoms with E-state index in [0.29, 0.717) is 23.0 Å². The highest BCUT2D eigenvalue weighted by Crippen LogP contribution is 3.02. The molecule has 0 saturated heterocycles. The molecule has 3 aromatic rings. The number of benzene rings is 2. The Bertz CT molecular complexity index is 1030. The van der Waals surface area contributed by atoms with Crippen molar-refractivity contribution in [1.29, 1.82) is 0 Å². The monoisotopic (exact) mass is 456 g/mol. The normalized spacial score (nSPS) is 14.7. The topological polar surface area (TPSA) is 44.1 Å². The van der Waals surface area contributed by atoms with Gasteiger partial charge in [-0.1, -0.05) is 25.5 Å². The maximum absolute atomic E-state index is 12.8. The van der Waals surface area contributed by atoms with E-state index in [0.717, 1.165) is 12.1 Å². The molecule has 3 rings (SSSR count). The lowest BCUT2D eigenvalue weighted by Gasteiger charge is -2.40. The quantitative estimate of drug-likeness (QED) is 0.346. The zero-order valence-corrected chi connectivity index (χ0v) is 15.3. The minimum absolute atomic E-state index is 0.119. The van der Waals surface area contributed by atoms with Crippen LogP contribution in [0, 0.1) is 0 Å². The van der Waals surface area contributed by atoms with E-state index < -0.39 is 21.1 Å². The number of hydrogen-bond acceptors (Lipinski definition) is 3. The summed E-state index contributed by atoms with van der Waals surface area (Å²) in [6.07, 6.45) is 0. The van der Waals surface area contributed by atoms with E-state index in [9.17, 15) is 24.2 Å². The van der Waals surface area contributed by atoms with Crippen LogP contribution in [0.15, 0.2) is 52.0 Å². The first-order chi connectivity index (χ1) is 11.8. The Hall–Kier alpha value is -2.14. The summed E-state index contributed by atoms with van der Waals surface area (Å²) in [5.74, 6) is -0.618. The van der Waals surface area contributed by atoms with E-state index >= 15 is 0 Å². The second-order valence-corrected chi connectivity index (χ2v) is 8.52. The fourth-order valence-corrected chi connectivity index (χ4v) is 3.67. The van der Waals surface area contributed by atoms with Gasteiger partial charge in [0.15, 0.2) is 0 Å². The number of nitrogens with zero attached hydrogens (tertiary/aromatic N) is 2. The smallest absolute Gasteiger partial charge is 0.338 e. The molecule has 1 heterocycles. The molecule has 0 saturated carbocycles. The van der Waals surface area contributed by atoms with Crippen LogP contribution < -0.4 is 0 Å². The lowest BCUT2D eigenvalue weighted by atomic mass is 10.1. The fourth-order valence-electron chi connectivity index (χ4n) is 2.45. The van der Waals surface area contributed by atoms with E-state index in [2.05, 4.69) is 25.8 Å². The van der Waals surface area contributed by atoms with Crippen molar-refractivity contribution in [2.45, 2.75) is 4.90 Å². The van der Waals surface area contributed by atoms with E-state index in [1.54, 1.807) is 12.1 Å². The van der Waals surface area contributed by atoms with Gasteiger partial charge in [-0.25, -0.2) is 9.48 Å². The lowest BCUT2D eigenvalue weighted by Crippen LogP contribution is -2.06. The first-order valence-electron chi connectivity index (χ1n) is 6.92. The largest absolute Gasteiger partial charge is 0.465 e. The van der Waals surface area contributed by atoms with Crippen molar-refractivity contribution >= 4 is 43.0 Å². The number of ether oxygens (including phenoxy) is 1. The van der Waals surface area contributed by atoms with Crippen LogP contribution in [0.5, 0.6) is 0 Å². The van der Waals surface area contributed by atoms with Crippen LogP contribution in [0.25, 0.3) is 16.6 Å². The molecule has 0 unspecified atom stereocenters. The molecule has 1 aromatic heterocycles. The fraction of sp³-hybridized carbons (Fsp3) is 0.0667. The van der Waals surface area contributed by atoms with Gasteiger partial charge in [-0.15, -0.1) is 0 Å². The van der Waals surface area contributed by atoms with Crippen molar-refractivity contribution in [2.24, 2.45) is 0 Å². The maximum atomic E-state index is 12.8. The number of carbonyl (C=O) groups is 1. The third-order valence-corrected chi connectivity index (χ3v) is 5.31. The van der Waals surface area contributed by atoms with E-state index in [4.69, 9.17) is 0 Å². The maximum Gasteiger partial charge on any atom is 0.338 e. The van der Waals surface area contributed by atoms with Crippen molar-refractivity contribution in [3.05, 3.63) is 52.6 Å². The summed E-state index contributed by atoms with van der Waals surface area (Å²) < 4.78 is 70.4. The van der Waals surface area contributed by atoms with Gasteiger partial charge >= 0.3 is 16.2 Å². The summed E-state index contributed by atoms with van der Waals surface area (Å²) >= 11 is 3.19. The van der Waals surface area contributed by atoms with Crippen LogP contribution in [0.3, 0.4) is 0 Å². The second kappa shape index (κ2) is 5.19. The van der Waals surface area contributed by atoms with Gasteiger partial charge in [0.25, 0.3) is 0 Å². The molecule has 0 N–H and O–H groups in total. The minimum Gasteiger partial charge on any atom is -0.465 e. The number of hydrogen-bond donors (Lipinski definition) is 0. The Morgan fingerprint density at radius 3 is 2.23 bits per heavy atom. The molecule has 4 nitrogen and oxygen atoms in total. The molecule has 0 spiro atoms. The summed E-state index contributed by atoms with van der Waals surface area (Å²) in [6.45, 7) is 0. The van der Waals surface area contributed by atoms with Gasteiger partial charge in [-0.3, -0.25) is 0 Å². The zero-order chi connectivity index (χ0) is 19.4. The molecule has 2 aromatic carbocycles. The van der Waals surface area contributed by atoms with Gasteiger partial charge in [0.05, 0.1) is 23.9 Å². The van der Waals surface area contributed by atoms with Gasteiger partial charge < -0.3 is 4.74 Å². The molecular formula is C15H10BrF5N2O2S. The van der Waals surface area contributed by atoms with Gasteiger partial charge in [0, 0.05) is 5.39 Å². The Kier molecular flexibility index (Phi) is 3.72. The Labute approximate surface area is 152 Å². The minimum atomic E-state index is -9.74. The van der Waals surface area contributed by atoms with Gasteiger partial charge in [0.2, 0.25) is 0 Å². The van der Waals surface area contributed by atoms with Gasteiger partial charge in [0.1, 0.15) is 9.50 Å².